The topological polar surface area (TPSA) is 38.0 Å². The molecular formula is C11H10F2N2O. The molecule has 0 amide bonds. The number of nitrogens with zero attached hydrogens (tertiary/aromatic N) is 2. The fraction of sp³-hybridized carbons (Fsp3) is 0.182. The Balaban J connectivity index is 2.63. The molecular weight excluding hydrogens is 214 g/mol. The number of halogens is 2. The van der Waals surface area contributed by atoms with E-state index in [2.05, 4.69) is 5.10 Å². The highest BCUT2D eigenvalue weighted by Crippen LogP contribution is 2.27. The van der Waals surface area contributed by atoms with Gasteiger partial charge in [0.2, 0.25) is 0 Å². The average Bonchev–Trinajstić information content (AvgIpc) is 2.63. The smallest absolute Gasteiger partial charge is 0.166 e. The zero-order valence-electron chi connectivity index (χ0n) is 8.61. The molecule has 3 nitrogen and oxygen atoms in total. The second-order valence-corrected chi connectivity index (χ2v) is 3.39. The fourth-order valence-corrected chi connectivity index (χ4v) is 1.59. The highest BCUT2D eigenvalue weighted by molar-refractivity contribution is 5.66. The summed E-state index contributed by atoms with van der Waals surface area (Å²) in [6.45, 7) is -0.276. The van der Waals surface area contributed by atoms with Crippen molar-refractivity contribution in [1.29, 1.82) is 0 Å². The van der Waals surface area contributed by atoms with Crippen LogP contribution in [0, 0.1) is 11.6 Å². The number of hydrogen-bond donors (Lipinski definition) is 1. The first-order valence-corrected chi connectivity index (χ1v) is 4.71. The molecule has 0 atom stereocenters. The van der Waals surface area contributed by atoms with Gasteiger partial charge in [0, 0.05) is 18.2 Å². The van der Waals surface area contributed by atoms with E-state index in [1.807, 2.05) is 0 Å². The fourth-order valence-electron chi connectivity index (χ4n) is 1.59. The largest absolute Gasteiger partial charge is 0.390 e. The molecule has 1 aromatic heterocycles. The van der Waals surface area contributed by atoms with Crippen molar-refractivity contribution in [3.63, 3.8) is 0 Å². The van der Waals surface area contributed by atoms with Gasteiger partial charge in [-0.05, 0) is 6.07 Å². The van der Waals surface area contributed by atoms with E-state index >= 15 is 0 Å². The molecule has 0 aliphatic carbocycles. The highest BCUT2D eigenvalue weighted by Gasteiger charge is 2.15. The molecule has 0 bridgehead atoms. The molecule has 0 saturated carbocycles. The minimum absolute atomic E-state index is 0.108. The monoisotopic (exact) mass is 224 g/mol. The molecule has 5 heteroatoms. The number of rotatable bonds is 2. The standard InChI is InChI=1S/C11H10F2N2O/c1-15-10(6-16)8(5-14-15)7-3-2-4-9(12)11(7)13/h2-5,16H,6H2,1H3. The Morgan fingerprint density at radius 2 is 2.06 bits per heavy atom. The third-order valence-corrected chi connectivity index (χ3v) is 2.45. The van der Waals surface area contributed by atoms with Crippen molar-refractivity contribution in [3.05, 3.63) is 41.7 Å². The summed E-state index contributed by atoms with van der Waals surface area (Å²) in [6.07, 6.45) is 1.41. The second-order valence-electron chi connectivity index (χ2n) is 3.39. The third kappa shape index (κ3) is 1.59. The summed E-state index contributed by atoms with van der Waals surface area (Å²) in [4.78, 5) is 0. The van der Waals surface area contributed by atoms with Gasteiger partial charge in [0.15, 0.2) is 11.6 Å². The molecule has 0 fully saturated rings. The second kappa shape index (κ2) is 4.02. The Morgan fingerprint density at radius 3 is 2.75 bits per heavy atom. The maximum Gasteiger partial charge on any atom is 0.166 e. The van der Waals surface area contributed by atoms with E-state index in [0.29, 0.717) is 11.3 Å². The molecule has 0 saturated heterocycles. The van der Waals surface area contributed by atoms with Gasteiger partial charge in [-0.15, -0.1) is 0 Å². The zero-order chi connectivity index (χ0) is 11.7. The van der Waals surface area contributed by atoms with Crippen molar-refractivity contribution in [2.75, 3.05) is 0 Å². The summed E-state index contributed by atoms with van der Waals surface area (Å²) in [5.74, 6) is -1.84. The molecule has 1 heterocycles. The first kappa shape index (κ1) is 10.8. The van der Waals surface area contributed by atoms with E-state index in [4.69, 9.17) is 5.11 Å². The number of benzene rings is 1. The van der Waals surface area contributed by atoms with Gasteiger partial charge in [0.1, 0.15) is 0 Å². The molecule has 0 spiro atoms. The average molecular weight is 224 g/mol. The van der Waals surface area contributed by atoms with Crippen molar-refractivity contribution in [2.45, 2.75) is 6.61 Å². The number of hydrogen-bond acceptors (Lipinski definition) is 2. The first-order valence-electron chi connectivity index (χ1n) is 4.71. The number of aromatic nitrogens is 2. The summed E-state index contributed by atoms with van der Waals surface area (Å²) < 4.78 is 28.0. The van der Waals surface area contributed by atoms with E-state index < -0.39 is 11.6 Å². The van der Waals surface area contributed by atoms with Gasteiger partial charge in [-0.1, -0.05) is 12.1 Å². The molecule has 0 radical (unpaired) electrons. The van der Waals surface area contributed by atoms with Crippen LogP contribution in [0.15, 0.2) is 24.4 Å². The van der Waals surface area contributed by atoms with Crippen molar-refractivity contribution < 1.29 is 13.9 Å². The molecule has 0 unspecified atom stereocenters. The summed E-state index contributed by atoms with van der Waals surface area (Å²) in [5.41, 5.74) is 0.962. The summed E-state index contributed by atoms with van der Waals surface area (Å²) in [7, 11) is 1.63. The van der Waals surface area contributed by atoms with Gasteiger partial charge in [0.25, 0.3) is 0 Å². The van der Waals surface area contributed by atoms with Crippen molar-refractivity contribution in [2.24, 2.45) is 7.05 Å². The SMILES string of the molecule is Cn1ncc(-c2cccc(F)c2F)c1CO. The van der Waals surface area contributed by atoms with Crippen LogP contribution in [0.3, 0.4) is 0 Å². The Labute approximate surface area is 91.0 Å². The van der Waals surface area contributed by atoms with Crippen LogP contribution >= 0.6 is 0 Å². The number of aliphatic hydroxyl groups is 1. The molecule has 2 rings (SSSR count). The van der Waals surface area contributed by atoms with Gasteiger partial charge in [0.05, 0.1) is 18.5 Å². The van der Waals surface area contributed by atoms with Crippen molar-refractivity contribution in [3.8, 4) is 11.1 Å². The van der Waals surface area contributed by atoms with E-state index in [0.717, 1.165) is 6.07 Å². The van der Waals surface area contributed by atoms with Gasteiger partial charge in [-0.25, -0.2) is 8.78 Å². The van der Waals surface area contributed by atoms with Gasteiger partial charge >= 0.3 is 0 Å². The van der Waals surface area contributed by atoms with Crippen LogP contribution in [-0.2, 0) is 13.7 Å². The minimum atomic E-state index is -0.926. The minimum Gasteiger partial charge on any atom is -0.390 e. The van der Waals surface area contributed by atoms with Crippen LogP contribution in [0.5, 0.6) is 0 Å². The Kier molecular flexibility index (Phi) is 2.70. The molecule has 0 aliphatic rings. The lowest BCUT2D eigenvalue weighted by Crippen LogP contribution is -1.99. The normalized spacial score (nSPS) is 10.8. The first-order chi connectivity index (χ1) is 7.65. The quantitative estimate of drug-likeness (QED) is 0.845. The number of aryl methyl sites for hydroxylation is 1. The molecule has 16 heavy (non-hydrogen) atoms. The highest BCUT2D eigenvalue weighted by atomic mass is 19.2. The molecule has 1 N–H and O–H groups in total. The lowest BCUT2D eigenvalue weighted by atomic mass is 10.1. The summed E-state index contributed by atoms with van der Waals surface area (Å²) in [6, 6.07) is 3.92. The van der Waals surface area contributed by atoms with Gasteiger partial charge < -0.3 is 5.11 Å². The molecule has 2 aromatic rings. The van der Waals surface area contributed by atoms with E-state index in [1.165, 1.54) is 23.0 Å². The maximum absolute atomic E-state index is 13.5. The van der Waals surface area contributed by atoms with Crippen LogP contribution in [0.4, 0.5) is 8.78 Å². The van der Waals surface area contributed by atoms with Crippen LogP contribution in [0.1, 0.15) is 5.69 Å². The van der Waals surface area contributed by atoms with Gasteiger partial charge in [-0.3, -0.25) is 4.68 Å². The summed E-state index contributed by atoms with van der Waals surface area (Å²) in [5, 5.41) is 13.0. The molecule has 1 aromatic carbocycles. The molecule has 84 valence electrons. The zero-order valence-corrected chi connectivity index (χ0v) is 8.61. The van der Waals surface area contributed by atoms with E-state index in [9.17, 15) is 8.78 Å². The van der Waals surface area contributed by atoms with E-state index in [1.54, 1.807) is 7.05 Å². The van der Waals surface area contributed by atoms with Crippen LogP contribution in [-0.4, -0.2) is 14.9 Å². The Hall–Kier alpha value is -1.75. The molecule has 0 aliphatic heterocycles. The summed E-state index contributed by atoms with van der Waals surface area (Å²) >= 11 is 0. The van der Waals surface area contributed by atoms with Gasteiger partial charge in [-0.2, -0.15) is 5.10 Å². The van der Waals surface area contributed by atoms with Crippen LogP contribution in [0.25, 0.3) is 11.1 Å². The Morgan fingerprint density at radius 1 is 1.31 bits per heavy atom. The third-order valence-electron chi connectivity index (χ3n) is 2.45. The van der Waals surface area contributed by atoms with Crippen molar-refractivity contribution in [1.82, 2.24) is 9.78 Å². The van der Waals surface area contributed by atoms with Crippen molar-refractivity contribution >= 4 is 0 Å². The predicted molar refractivity (Wildman–Crippen MR) is 54.5 cm³/mol. The maximum atomic E-state index is 13.5. The lowest BCUT2D eigenvalue weighted by Gasteiger charge is -2.04. The Bertz CT molecular complexity index is 523. The predicted octanol–water partition coefficient (Wildman–Crippen LogP) is 1.86. The van der Waals surface area contributed by atoms with E-state index in [-0.39, 0.29) is 12.2 Å². The lowest BCUT2D eigenvalue weighted by molar-refractivity contribution is 0.271. The number of aliphatic hydroxyl groups excluding tert-OH is 1. The van der Waals surface area contributed by atoms with Crippen LogP contribution < -0.4 is 0 Å². The van der Waals surface area contributed by atoms with Crippen LogP contribution in [0.2, 0.25) is 0 Å².